The first-order valence-corrected chi connectivity index (χ1v) is 4.01. The molecule has 0 fully saturated rings. The van der Waals surface area contributed by atoms with Gasteiger partial charge in [0.25, 0.3) is 0 Å². The van der Waals surface area contributed by atoms with Crippen molar-refractivity contribution < 1.29 is 0 Å². The van der Waals surface area contributed by atoms with E-state index in [-0.39, 0.29) is 0 Å². The van der Waals surface area contributed by atoms with E-state index in [4.69, 9.17) is 11.6 Å². The molecule has 0 aliphatic rings. The van der Waals surface area contributed by atoms with Crippen LogP contribution in [0.2, 0.25) is 0 Å². The third-order valence-corrected chi connectivity index (χ3v) is 2.03. The van der Waals surface area contributed by atoms with Crippen molar-refractivity contribution in [2.45, 2.75) is 0 Å². The van der Waals surface area contributed by atoms with Crippen molar-refractivity contribution in [3.05, 3.63) is 22.9 Å². The van der Waals surface area contributed by atoms with Crippen molar-refractivity contribution in [1.29, 1.82) is 0 Å². The predicted molar refractivity (Wildman–Crippen MR) is 46.0 cm³/mol. The van der Waals surface area contributed by atoms with E-state index < -0.39 is 0 Å². The number of nitrogens with one attached hydrogen (secondary N) is 1. The summed E-state index contributed by atoms with van der Waals surface area (Å²) in [6.07, 6.45) is 1.67. The zero-order valence-electron chi connectivity index (χ0n) is 5.19. The summed E-state index contributed by atoms with van der Waals surface area (Å²) in [4.78, 5) is 0. The van der Waals surface area contributed by atoms with Gasteiger partial charge in [-0.25, -0.2) is 0 Å². The number of hydrogen-bond donors (Lipinski definition) is 1. The van der Waals surface area contributed by atoms with E-state index in [0.717, 1.165) is 15.7 Å². The van der Waals surface area contributed by atoms with Crippen LogP contribution >= 0.6 is 27.5 Å². The van der Waals surface area contributed by atoms with Gasteiger partial charge in [-0.05, 0) is 21.5 Å². The first-order chi connectivity index (χ1) is 4.75. The van der Waals surface area contributed by atoms with Crippen LogP contribution < -0.4 is 0 Å². The molecule has 0 aliphatic carbocycles. The van der Waals surface area contributed by atoms with Gasteiger partial charge in [-0.2, -0.15) is 5.10 Å². The van der Waals surface area contributed by atoms with Crippen molar-refractivity contribution in [2.75, 3.05) is 5.88 Å². The Balaban J connectivity index is 2.93. The summed E-state index contributed by atoms with van der Waals surface area (Å²) in [5.41, 5.74) is 1.71. The van der Waals surface area contributed by atoms with E-state index in [0.29, 0.717) is 5.88 Å². The number of aromatic nitrogens is 2. The van der Waals surface area contributed by atoms with Crippen molar-refractivity contribution >= 4 is 33.1 Å². The lowest BCUT2D eigenvalue weighted by Gasteiger charge is -1.95. The SMILES string of the molecule is C=C(CCl)c1[nH]ncc1Br. The van der Waals surface area contributed by atoms with Crippen LogP contribution in [0, 0.1) is 0 Å². The van der Waals surface area contributed by atoms with E-state index in [1.54, 1.807) is 6.20 Å². The maximum atomic E-state index is 5.55. The van der Waals surface area contributed by atoms with Gasteiger partial charge in [0, 0.05) is 5.88 Å². The molecule has 10 heavy (non-hydrogen) atoms. The summed E-state index contributed by atoms with van der Waals surface area (Å²) in [6.45, 7) is 3.74. The van der Waals surface area contributed by atoms with Gasteiger partial charge in [-0.15, -0.1) is 11.6 Å². The molecule has 0 radical (unpaired) electrons. The topological polar surface area (TPSA) is 28.7 Å². The summed E-state index contributed by atoms with van der Waals surface area (Å²) in [7, 11) is 0. The summed E-state index contributed by atoms with van der Waals surface area (Å²) < 4.78 is 0.901. The van der Waals surface area contributed by atoms with Crippen LogP contribution in [0.15, 0.2) is 17.2 Å². The molecule has 0 unspecified atom stereocenters. The minimum absolute atomic E-state index is 0.417. The summed E-state index contributed by atoms with van der Waals surface area (Å²) in [5.74, 6) is 0.417. The van der Waals surface area contributed by atoms with Crippen LogP contribution in [-0.4, -0.2) is 16.1 Å². The van der Waals surface area contributed by atoms with Gasteiger partial charge in [0.2, 0.25) is 0 Å². The first kappa shape index (κ1) is 7.82. The third-order valence-electron chi connectivity index (χ3n) is 1.11. The Kier molecular flexibility index (Phi) is 2.51. The average molecular weight is 221 g/mol. The number of rotatable bonds is 2. The molecular formula is C6H6BrClN2. The number of aromatic amines is 1. The summed E-state index contributed by atoms with van der Waals surface area (Å²) >= 11 is 8.84. The zero-order chi connectivity index (χ0) is 7.56. The molecule has 54 valence electrons. The molecule has 0 amide bonds. The number of allylic oxidation sites excluding steroid dienone is 1. The van der Waals surface area contributed by atoms with Crippen LogP contribution in [0.25, 0.3) is 5.57 Å². The fourth-order valence-electron chi connectivity index (χ4n) is 0.586. The Labute approximate surface area is 72.4 Å². The van der Waals surface area contributed by atoms with Gasteiger partial charge in [0.1, 0.15) is 0 Å². The number of hydrogen-bond acceptors (Lipinski definition) is 1. The Hall–Kier alpha value is -0.280. The standard InChI is InChI=1S/C6H6BrClN2/c1-4(2-8)6-5(7)3-9-10-6/h3H,1-2H2,(H,9,10). The highest BCUT2D eigenvalue weighted by Crippen LogP contribution is 2.20. The smallest absolute Gasteiger partial charge is 0.0758 e. The molecule has 1 heterocycles. The number of H-pyrrole nitrogens is 1. The van der Waals surface area contributed by atoms with Crippen LogP contribution in [0.1, 0.15) is 5.69 Å². The van der Waals surface area contributed by atoms with E-state index in [1.807, 2.05) is 0 Å². The Bertz CT molecular complexity index is 244. The second-order valence-electron chi connectivity index (χ2n) is 1.83. The van der Waals surface area contributed by atoms with Gasteiger partial charge < -0.3 is 0 Å². The molecule has 0 saturated carbocycles. The van der Waals surface area contributed by atoms with Crippen LogP contribution in [0.5, 0.6) is 0 Å². The van der Waals surface area contributed by atoms with Gasteiger partial charge >= 0.3 is 0 Å². The normalized spacial score (nSPS) is 9.80. The van der Waals surface area contributed by atoms with Crippen molar-refractivity contribution in [1.82, 2.24) is 10.2 Å². The van der Waals surface area contributed by atoms with Crippen molar-refractivity contribution in [2.24, 2.45) is 0 Å². The minimum atomic E-state index is 0.417. The lowest BCUT2D eigenvalue weighted by molar-refractivity contribution is 1.07. The highest BCUT2D eigenvalue weighted by molar-refractivity contribution is 9.10. The molecule has 4 heteroatoms. The number of nitrogens with zero attached hydrogens (tertiary/aromatic N) is 1. The lowest BCUT2D eigenvalue weighted by Crippen LogP contribution is -1.84. The van der Waals surface area contributed by atoms with E-state index in [1.165, 1.54) is 0 Å². The first-order valence-electron chi connectivity index (χ1n) is 2.68. The molecule has 0 saturated heterocycles. The molecule has 0 spiro atoms. The number of alkyl halides is 1. The molecule has 0 aromatic carbocycles. The maximum Gasteiger partial charge on any atom is 0.0758 e. The highest BCUT2D eigenvalue weighted by atomic mass is 79.9. The minimum Gasteiger partial charge on any atom is -0.277 e. The Morgan fingerprint density at radius 3 is 3.00 bits per heavy atom. The van der Waals surface area contributed by atoms with Gasteiger partial charge in [-0.3, -0.25) is 5.10 Å². The van der Waals surface area contributed by atoms with Crippen molar-refractivity contribution in [3.63, 3.8) is 0 Å². The van der Waals surface area contributed by atoms with E-state index >= 15 is 0 Å². The molecule has 0 bridgehead atoms. The zero-order valence-corrected chi connectivity index (χ0v) is 7.54. The highest BCUT2D eigenvalue weighted by Gasteiger charge is 2.03. The quantitative estimate of drug-likeness (QED) is 0.764. The molecule has 1 N–H and O–H groups in total. The second-order valence-corrected chi connectivity index (χ2v) is 2.95. The molecule has 1 aromatic rings. The number of halogens is 2. The van der Waals surface area contributed by atoms with Crippen LogP contribution in [0.4, 0.5) is 0 Å². The fourth-order valence-corrected chi connectivity index (χ4v) is 1.19. The summed E-state index contributed by atoms with van der Waals surface area (Å²) in [5, 5.41) is 6.57. The van der Waals surface area contributed by atoms with E-state index in [2.05, 4.69) is 32.7 Å². The molecule has 2 nitrogen and oxygen atoms in total. The Morgan fingerprint density at radius 2 is 2.60 bits per heavy atom. The Morgan fingerprint density at radius 1 is 1.90 bits per heavy atom. The van der Waals surface area contributed by atoms with Crippen LogP contribution in [0.3, 0.4) is 0 Å². The third kappa shape index (κ3) is 1.41. The largest absolute Gasteiger partial charge is 0.277 e. The fraction of sp³-hybridized carbons (Fsp3) is 0.167. The predicted octanol–water partition coefficient (Wildman–Crippen LogP) is 2.42. The summed E-state index contributed by atoms with van der Waals surface area (Å²) in [6, 6.07) is 0. The molecule has 1 aromatic heterocycles. The van der Waals surface area contributed by atoms with E-state index in [9.17, 15) is 0 Å². The maximum absolute atomic E-state index is 5.55. The molecule has 0 atom stereocenters. The van der Waals surface area contributed by atoms with Gasteiger partial charge in [0.15, 0.2) is 0 Å². The average Bonchev–Trinajstić information content (AvgIpc) is 2.34. The van der Waals surface area contributed by atoms with Crippen molar-refractivity contribution in [3.8, 4) is 0 Å². The van der Waals surface area contributed by atoms with Crippen LogP contribution in [-0.2, 0) is 0 Å². The van der Waals surface area contributed by atoms with Gasteiger partial charge in [-0.1, -0.05) is 6.58 Å². The second kappa shape index (κ2) is 3.21. The molecule has 0 aliphatic heterocycles. The lowest BCUT2D eigenvalue weighted by atomic mass is 10.2. The monoisotopic (exact) mass is 220 g/mol. The molecule has 1 rings (SSSR count). The molecular weight excluding hydrogens is 215 g/mol. The van der Waals surface area contributed by atoms with Gasteiger partial charge in [0.05, 0.1) is 16.4 Å².